The molecule has 0 amide bonds. The van der Waals surface area contributed by atoms with Crippen LogP contribution in [0.3, 0.4) is 0 Å². The summed E-state index contributed by atoms with van der Waals surface area (Å²) in [6.45, 7) is 1.92. The molecule has 0 fully saturated rings. The minimum atomic E-state index is -1.14. The Bertz CT molecular complexity index is 1590. The number of aryl methyl sites for hydroxylation is 3. The molecular formula is C26H21Cl2N5O. The van der Waals surface area contributed by atoms with E-state index in [0.717, 1.165) is 17.0 Å². The number of hydrogen-bond acceptors (Lipinski definition) is 4. The summed E-state index contributed by atoms with van der Waals surface area (Å²) in [6.07, 6.45) is 3.44. The summed E-state index contributed by atoms with van der Waals surface area (Å²) in [5, 5.41) is 0.613. The number of benzene rings is 1. The second-order valence-corrected chi connectivity index (χ2v) is 9.24. The van der Waals surface area contributed by atoms with E-state index in [1.54, 1.807) is 42.3 Å². The summed E-state index contributed by atoms with van der Waals surface area (Å²) in [6, 6.07) is 18.4. The van der Waals surface area contributed by atoms with Crippen molar-refractivity contribution in [3.05, 3.63) is 111 Å². The van der Waals surface area contributed by atoms with E-state index in [1.165, 1.54) is 0 Å². The summed E-state index contributed by atoms with van der Waals surface area (Å²) in [4.78, 5) is 25.6. The highest BCUT2D eigenvalue weighted by molar-refractivity contribution is 6.31. The van der Waals surface area contributed by atoms with E-state index in [1.807, 2.05) is 61.0 Å². The van der Waals surface area contributed by atoms with Gasteiger partial charge in [0.15, 0.2) is 4.87 Å². The number of aromatic nitrogens is 5. The van der Waals surface area contributed by atoms with Crippen LogP contribution in [0.2, 0.25) is 5.02 Å². The normalized spacial score (nSPS) is 13.2. The Morgan fingerprint density at radius 3 is 2.41 bits per heavy atom. The molecule has 0 aliphatic heterocycles. The first-order valence-electron chi connectivity index (χ1n) is 10.7. The molecule has 5 rings (SSSR count). The van der Waals surface area contributed by atoms with Crippen molar-refractivity contribution in [3.63, 3.8) is 0 Å². The largest absolute Gasteiger partial charge is 0.336 e. The predicted molar refractivity (Wildman–Crippen MR) is 135 cm³/mol. The minimum absolute atomic E-state index is 0.137. The zero-order valence-corrected chi connectivity index (χ0v) is 20.3. The lowest BCUT2D eigenvalue weighted by atomic mass is 9.90. The molecule has 5 aromatic rings. The molecule has 0 saturated carbocycles. The standard InChI is InChI=1S/C26H21Cl2N5O/c1-16-5-4-6-20(30-16)19-13-24(34)33(3)21-11-12-22(31-25(19)21)26(28,23-14-29-15-32(23)2)17-7-9-18(27)10-8-17/h4-15H,1-3H3/t26-/m1/s1. The van der Waals surface area contributed by atoms with Gasteiger partial charge in [0, 0.05) is 36.4 Å². The van der Waals surface area contributed by atoms with Crippen LogP contribution in [-0.4, -0.2) is 24.1 Å². The van der Waals surface area contributed by atoms with Crippen LogP contribution in [0.5, 0.6) is 0 Å². The van der Waals surface area contributed by atoms with E-state index in [2.05, 4.69) is 9.97 Å². The Morgan fingerprint density at radius 1 is 0.971 bits per heavy atom. The van der Waals surface area contributed by atoms with Crippen LogP contribution >= 0.6 is 23.2 Å². The van der Waals surface area contributed by atoms with Crippen molar-refractivity contribution in [3.8, 4) is 11.3 Å². The first-order chi connectivity index (χ1) is 16.3. The molecule has 0 bridgehead atoms. The monoisotopic (exact) mass is 489 g/mol. The van der Waals surface area contributed by atoms with Gasteiger partial charge < -0.3 is 9.13 Å². The maximum Gasteiger partial charge on any atom is 0.251 e. The summed E-state index contributed by atoms with van der Waals surface area (Å²) in [5.74, 6) is 0. The Morgan fingerprint density at radius 2 is 1.74 bits per heavy atom. The zero-order valence-electron chi connectivity index (χ0n) is 18.8. The molecule has 34 heavy (non-hydrogen) atoms. The van der Waals surface area contributed by atoms with Gasteiger partial charge in [-0.3, -0.25) is 9.78 Å². The molecule has 0 saturated heterocycles. The van der Waals surface area contributed by atoms with E-state index in [0.29, 0.717) is 33.0 Å². The first kappa shape index (κ1) is 22.3. The fraction of sp³-hybridized carbons (Fsp3) is 0.154. The van der Waals surface area contributed by atoms with Gasteiger partial charge in [-0.2, -0.15) is 0 Å². The number of rotatable bonds is 4. The van der Waals surface area contributed by atoms with Crippen LogP contribution in [0.15, 0.2) is 78.0 Å². The maximum absolute atomic E-state index is 12.7. The number of imidazole rings is 1. The van der Waals surface area contributed by atoms with Gasteiger partial charge in [0.2, 0.25) is 0 Å². The Hall–Kier alpha value is -3.48. The fourth-order valence-electron chi connectivity index (χ4n) is 4.20. The summed E-state index contributed by atoms with van der Waals surface area (Å²) in [5.41, 5.74) is 5.53. The number of nitrogens with zero attached hydrogens (tertiary/aromatic N) is 5. The van der Waals surface area contributed by atoms with Crippen LogP contribution in [0.25, 0.3) is 22.3 Å². The third-order valence-corrected chi connectivity index (χ3v) is 6.88. The van der Waals surface area contributed by atoms with Crippen LogP contribution in [0, 0.1) is 6.92 Å². The fourth-order valence-corrected chi connectivity index (χ4v) is 4.74. The van der Waals surface area contributed by atoms with E-state index in [9.17, 15) is 4.79 Å². The van der Waals surface area contributed by atoms with Gasteiger partial charge in [0.25, 0.3) is 5.56 Å². The summed E-state index contributed by atoms with van der Waals surface area (Å²) < 4.78 is 3.45. The van der Waals surface area contributed by atoms with Gasteiger partial charge in [0.05, 0.1) is 40.6 Å². The molecule has 6 nitrogen and oxygen atoms in total. The highest BCUT2D eigenvalue weighted by Crippen LogP contribution is 2.43. The third kappa shape index (κ3) is 3.59. The van der Waals surface area contributed by atoms with Gasteiger partial charge in [-0.05, 0) is 48.9 Å². The van der Waals surface area contributed by atoms with Gasteiger partial charge in [0.1, 0.15) is 0 Å². The molecule has 4 aromatic heterocycles. The highest BCUT2D eigenvalue weighted by Gasteiger charge is 2.38. The topological polar surface area (TPSA) is 65.6 Å². The van der Waals surface area contributed by atoms with Crippen molar-refractivity contribution in [1.29, 1.82) is 0 Å². The number of halogens is 2. The molecule has 0 spiro atoms. The third-order valence-electron chi connectivity index (χ3n) is 6.02. The molecular weight excluding hydrogens is 469 g/mol. The average molecular weight is 490 g/mol. The number of pyridine rings is 3. The zero-order chi connectivity index (χ0) is 24.0. The van der Waals surface area contributed by atoms with E-state index in [4.69, 9.17) is 28.2 Å². The maximum atomic E-state index is 12.7. The second kappa shape index (κ2) is 8.38. The minimum Gasteiger partial charge on any atom is -0.336 e. The Balaban J connectivity index is 1.84. The van der Waals surface area contributed by atoms with Crippen molar-refractivity contribution in [2.24, 2.45) is 14.1 Å². The van der Waals surface area contributed by atoms with Gasteiger partial charge in [-0.15, -0.1) is 11.6 Å². The average Bonchev–Trinajstić information content (AvgIpc) is 3.27. The molecule has 0 N–H and O–H groups in total. The lowest BCUT2D eigenvalue weighted by molar-refractivity contribution is 0.729. The predicted octanol–water partition coefficient (Wildman–Crippen LogP) is 5.22. The lowest BCUT2D eigenvalue weighted by Gasteiger charge is -2.28. The molecule has 0 radical (unpaired) electrons. The van der Waals surface area contributed by atoms with E-state index in [-0.39, 0.29) is 5.56 Å². The Kier molecular flexibility index (Phi) is 5.50. The van der Waals surface area contributed by atoms with E-state index >= 15 is 0 Å². The molecule has 8 heteroatoms. The lowest BCUT2D eigenvalue weighted by Crippen LogP contribution is -2.27. The van der Waals surface area contributed by atoms with Crippen LogP contribution in [0.1, 0.15) is 22.6 Å². The summed E-state index contributed by atoms with van der Waals surface area (Å²) in [7, 11) is 3.62. The van der Waals surface area contributed by atoms with Gasteiger partial charge in [-0.1, -0.05) is 29.8 Å². The molecule has 0 aliphatic rings. The molecule has 0 aliphatic carbocycles. The molecule has 0 unspecified atom stereocenters. The van der Waals surface area contributed by atoms with Crippen LogP contribution in [0.4, 0.5) is 0 Å². The van der Waals surface area contributed by atoms with Crippen molar-refractivity contribution in [2.45, 2.75) is 11.8 Å². The highest BCUT2D eigenvalue weighted by atomic mass is 35.5. The van der Waals surface area contributed by atoms with Crippen molar-refractivity contribution >= 4 is 34.2 Å². The number of alkyl halides is 1. The van der Waals surface area contributed by atoms with Crippen molar-refractivity contribution in [1.82, 2.24) is 24.1 Å². The van der Waals surface area contributed by atoms with Gasteiger partial charge in [-0.25, -0.2) is 9.97 Å². The van der Waals surface area contributed by atoms with Crippen molar-refractivity contribution < 1.29 is 0 Å². The number of fused-ring (bicyclic) bond motifs is 1. The quantitative estimate of drug-likeness (QED) is 0.324. The second-order valence-electron chi connectivity index (χ2n) is 8.24. The van der Waals surface area contributed by atoms with Crippen molar-refractivity contribution in [2.75, 3.05) is 0 Å². The number of hydrogen-bond donors (Lipinski definition) is 0. The first-order valence-corrected chi connectivity index (χ1v) is 11.4. The van der Waals surface area contributed by atoms with Gasteiger partial charge >= 0.3 is 0 Å². The molecule has 1 aromatic carbocycles. The smallest absolute Gasteiger partial charge is 0.251 e. The molecule has 170 valence electrons. The molecule has 1 atom stereocenters. The van der Waals surface area contributed by atoms with Crippen LogP contribution < -0.4 is 5.56 Å². The SMILES string of the molecule is Cc1cccc(-c2cc(=O)n(C)c3ccc([C@](Cl)(c4ccc(Cl)cc4)c4cncn4C)nc23)n1. The van der Waals surface area contributed by atoms with E-state index < -0.39 is 4.87 Å². The summed E-state index contributed by atoms with van der Waals surface area (Å²) >= 11 is 13.6. The van der Waals surface area contributed by atoms with Crippen LogP contribution in [-0.2, 0) is 19.0 Å². The molecule has 4 heterocycles. The Labute approximate surface area is 206 Å².